The molecular formula is C16H25ClN2O3. The Morgan fingerprint density at radius 3 is 2.64 bits per heavy atom. The summed E-state index contributed by atoms with van der Waals surface area (Å²) in [6.07, 6.45) is 1.53. The number of aliphatic hydroxyl groups is 1. The van der Waals surface area contributed by atoms with Gasteiger partial charge in [0, 0.05) is 24.5 Å². The standard InChI is InChI=1S/C16H25ClN2O3/c1-4-16(21,5-2)11-19-15(20)8-9-18-13-10-12(17)6-7-14(13)22-3/h6-7,10,18,21H,4-5,8-9,11H2,1-3H3,(H,19,20). The predicted octanol–water partition coefficient (Wildman–Crippen LogP) is 2.82. The molecule has 5 nitrogen and oxygen atoms in total. The lowest BCUT2D eigenvalue weighted by Crippen LogP contribution is -2.42. The molecule has 0 spiro atoms. The van der Waals surface area contributed by atoms with E-state index in [1.54, 1.807) is 25.3 Å². The molecule has 0 saturated carbocycles. The van der Waals surface area contributed by atoms with Gasteiger partial charge in [0.1, 0.15) is 5.75 Å². The summed E-state index contributed by atoms with van der Waals surface area (Å²) in [5.41, 5.74) is -0.0689. The van der Waals surface area contributed by atoms with Crippen LogP contribution < -0.4 is 15.4 Å². The number of carbonyl (C=O) groups excluding carboxylic acids is 1. The van der Waals surface area contributed by atoms with E-state index in [0.29, 0.717) is 36.6 Å². The summed E-state index contributed by atoms with van der Waals surface area (Å²) in [6, 6.07) is 5.27. The molecule has 0 atom stereocenters. The van der Waals surface area contributed by atoms with Crippen molar-refractivity contribution >= 4 is 23.2 Å². The fraction of sp³-hybridized carbons (Fsp3) is 0.562. The molecule has 0 fully saturated rings. The van der Waals surface area contributed by atoms with Gasteiger partial charge in [0.05, 0.1) is 18.4 Å². The number of carbonyl (C=O) groups is 1. The molecule has 1 rings (SSSR count). The lowest BCUT2D eigenvalue weighted by atomic mass is 9.97. The van der Waals surface area contributed by atoms with Crippen molar-refractivity contribution in [3.8, 4) is 5.75 Å². The van der Waals surface area contributed by atoms with Crippen LogP contribution in [0.25, 0.3) is 0 Å². The Morgan fingerprint density at radius 1 is 1.36 bits per heavy atom. The first-order chi connectivity index (χ1) is 10.4. The van der Waals surface area contributed by atoms with Gasteiger partial charge in [-0.05, 0) is 31.0 Å². The van der Waals surface area contributed by atoms with Crippen molar-refractivity contribution in [3.63, 3.8) is 0 Å². The van der Waals surface area contributed by atoms with Crippen LogP contribution in [0, 0.1) is 0 Å². The second kappa shape index (κ2) is 8.86. The highest BCUT2D eigenvalue weighted by molar-refractivity contribution is 6.30. The van der Waals surface area contributed by atoms with Gasteiger partial charge in [-0.25, -0.2) is 0 Å². The fourth-order valence-corrected chi connectivity index (χ4v) is 2.15. The molecule has 0 bridgehead atoms. The van der Waals surface area contributed by atoms with Gasteiger partial charge in [0.2, 0.25) is 5.91 Å². The van der Waals surface area contributed by atoms with Crippen LogP contribution in [0.3, 0.4) is 0 Å². The minimum atomic E-state index is -0.820. The van der Waals surface area contributed by atoms with Gasteiger partial charge >= 0.3 is 0 Å². The zero-order valence-electron chi connectivity index (χ0n) is 13.4. The lowest BCUT2D eigenvalue weighted by molar-refractivity contribution is -0.122. The van der Waals surface area contributed by atoms with E-state index in [2.05, 4.69) is 10.6 Å². The summed E-state index contributed by atoms with van der Waals surface area (Å²) in [5.74, 6) is 0.574. The molecule has 1 aromatic rings. The molecule has 0 heterocycles. The lowest BCUT2D eigenvalue weighted by Gasteiger charge is -2.25. The topological polar surface area (TPSA) is 70.6 Å². The monoisotopic (exact) mass is 328 g/mol. The summed E-state index contributed by atoms with van der Waals surface area (Å²) in [4.78, 5) is 11.8. The first kappa shape index (κ1) is 18.6. The van der Waals surface area contributed by atoms with Crippen molar-refractivity contribution in [2.24, 2.45) is 0 Å². The van der Waals surface area contributed by atoms with Gasteiger partial charge in [-0.1, -0.05) is 25.4 Å². The highest BCUT2D eigenvalue weighted by Crippen LogP contribution is 2.27. The molecule has 0 unspecified atom stereocenters. The number of hydrogen-bond donors (Lipinski definition) is 3. The quantitative estimate of drug-likeness (QED) is 0.652. The van der Waals surface area contributed by atoms with Gasteiger partial charge in [0.15, 0.2) is 0 Å². The van der Waals surface area contributed by atoms with E-state index in [4.69, 9.17) is 16.3 Å². The van der Waals surface area contributed by atoms with E-state index >= 15 is 0 Å². The van der Waals surface area contributed by atoms with Crippen LogP contribution in [0.5, 0.6) is 5.75 Å². The van der Waals surface area contributed by atoms with Gasteiger partial charge in [0.25, 0.3) is 0 Å². The number of benzene rings is 1. The van der Waals surface area contributed by atoms with Crippen LogP contribution in [0.15, 0.2) is 18.2 Å². The second-order valence-corrected chi connectivity index (χ2v) is 5.67. The molecule has 22 heavy (non-hydrogen) atoms. The summed E-state index contributed by atoms with van der Waals surface area (Å²) in [5, 5.41) is 16.6. The summed E-state index contributed by atoms with van der Waals surface area (Å²) < 4.78 is 5.22. The average molecular weight is 329 g/mol. The van der Waals surface area contributed by atoms with Gasteiger partial charge in [-0.2, -0.15) is 0 Å². The number of methoxy groups -OCH3 is 1. The van der Waals surface area contributed by atoms with E-state index in [-0.39, 0.29) is 12.5 Å². The summed E-state index contributed by atoms with van der Waals surface area (Å²) in [7, 11) is 1.58. The van der Waals surface area contributed by atoms with Crippen LogP contribution in [0.4, 0.5) is 5.69 Å². The number of halogens is 1. The highest BCUT2D eigenvalue weighted by Gasteiger charge is 2.22. The molecule has 124 valence electrons. The molecular weight excluding hydrogens is 304 g/mol. The Kier molecular flexibility index (Phi) is 7.48. The minimum absolute atomic E-state index is 0.103. The van der Waals surface area contributed by atoms with E-state index in [1.807, 2.05) is 13.8 Å². The summed E-state index contributed by atoms with van der Waals surface area (Å²) >= 11 is 5.94. The molecule has 1 aromatic carbocycles. The van der Waals surface area contributed by atoms with Gasteiger partial charge in [-0.15, -0.1) is 0 Å². The van der Waals surface area contributed by atoms with Crippen molar-refractivity contribution in [2.45, 2.75) is 38.7 Å². The maximum atomic E-state index is 11.8. The van der Waals surface area contributed by atoms with E-state index in [0.717, 1.165) is 5.69 Å². The zero-order valence-corrected chi connectivity index (χ0v) is 14.2. The fourth-order valence-electron chi connectivity index (χ4n) is 1.98. The maximum Gasteiger partial charge on any atom is 0.221 e. The van der Waals surface area contributed by atoms with Crippen LogP contribution in [0.2, 0.25) is 5.02 Å². The number of rotatable bonds is 9. The van der Waals surface area contributed by atoms with Crippen molar-refractivity contribution < 1.29 is 14.6 Å². The molecule has 0 saturated heterocycles. The SMILES string of the molecule is CCC(O)(CC)CNC(=O)CCNc1cc(Cl)ccc1OC. The third-order valence-corrected chi connectivity index (χ3v) is 3.99. The average Bonchev–Trinajstić information content (AvgIpc) is 2.53. The van der Waals surface area contributed by atoms with Crippen molar-refractivity contribution in [3.05, 3.63) is 23.2 Å². The van der Waals surface area contributed by atoms with Crippen LogP contribution in [0.1, 0.15) is 33.1 Å². The number of nitrogens with one attached hydrogen (secondary N) is 2. The number of amides is 1. The Labute approximate surface area is 137 Å². The van der Waals surface area contributed by atoms with Crippen molar-refractivity contribution in [1.82, 2.24) is 5.32 Å². The van der Waals surface area contributed by atoms with Crippen LogP contribution in [-0.2, 0) is 4.79 Å². The summed E-state index contributed by atoms with van der Waals surface area (Å²) in [6.45, 7) is 4.55. The molecule has 0 aliphatic rings. The minimum Gasteiger partial charge on any atom is -0.495 e. The first-order valence-electron chi connectivity index (χ1n) is 7.50. The third kappa shape index (κ3) is 5.73. The largest absolute Gasteiger partial charge is 0.495 e. The normalized spacial score (nSPS) is 11.1. The van der Waals surface area contributed by atoms with Crippen LogP contribution in [-0.4, -0.2) is 36.8 Å². The number of hydrogen-bond acceptors (Lipinski definition) is 4. The number of ether oxygens (including phenoxy) is 1. The van der Waals surface area contributed by atoms with E-state index in [1.165, 1.54) is 0 Å². The molecule has 6 heteroatoms. The Hall–Kier alpha value is -1.46. The van der Waals surface area contributed by atoms with Crippen molar-refractivity contribution in [2.75, 3.05) is 25.5 Å². The van der Waals surface area contributed by atoms with E-state index in [9.17, 15) is 9.90 Å². The highest BCUT2D eigenvalue weighted by atomic mass is 35.5. The predicted molar refractivity (Wildman–Crippen MR) is 89.7 cm³/mol. The van der Waals surface area contributed by atoms with E-state index < -0.39 is 5.60 Å². The molecule has 1 amide bonds. The van der Waals surface area contributed by atoms with Gasteiger partial charge in [-0.3, -0.25) is 4.79 Å². The third-order valence-electron chi connectivity index (χ3n) is 3.76. The molecule has 0 aromatic heterocycles. The van der Waals surface area contributed by atoms with Crippen LogP contribution >= 0.6 is 11.6 Å². The van der Waals surface area contributed by atoms with Gasteiger partial charge < -0.3 is 20.5 Å². The molecule has 3 N–H and O–H groups in total. The molecule has 0 radical (unpaired) electrons. The Morgan fingerprint density at radius 2 is 2.05 bits per heavy atom. The smallest absolute Gasteiger partial charge is 0.221 e. The molecule has 0 aliphatic heterocycles. The Bertz CT molecular complexity index is 490. The van der Waals surface area contributed by atoms with Crippen molar-refractivity contribution in [1.29, 1.82) is 0 Å². The molecule has 0 aliphatic carbocycles. The Balaban J connectivity index is 2.41. The first-order valence-corrected chi connectivity index (χ1v) is 7.88. The second-order valence-electron chi connectivity index (χ2n) is 5.23. The zero-order chi connectivity index (χ0) is 16.6. The maximum absolute atomic E-state index is 11.8. The number of anilines is 1.